The Morgan fingerprint density at radius 1 is 1.55 bits per heavy atom. The van der Waals surface area contributed by atoms with Crippen molar-refractivity contribution < 1.29 is 12.8 Å². The van der Waals surface area contributed by atoms with Gasteiger partial charge >= 0.3 is 0 Å². The van der Waals surface area contributed by atoms with E-state index in [1.807, 2.05) is 6.92 Å². The van der Waals surface area contributed by atoms with Gasteiger partial charge in [0.05, 0.1) is 9.92 Å². The van der Waals surface area contributed by atoms with Crippen molar-refractivity contribution >= 4 is 33.4 Å². The minimum Gasteiger partial charge on any atom is -0.326 e. The molecule has 0 spiro atoms. The van der Waals surface area contributed by atoms with Crippen molar-refractivity contribution in [2.75, 3.05) is 18.8 Å². The fourth-order valence-electron chi connectivity index (χ4n) is 2.07. The molecule has 1 aliphatic heterocycles. The lowest BCUT2D eigenvalue weighted by molar-refractivity contribution is 0.423. The van der Waals surface area contributed by atoms with Crippen LogP contribution < -0.4 is 5.73 Å². The minimum absolute atomic E-state index is 0.00856. The summed E-state index contributed by atoms with van der Waals surface area (Å²) in [6.45, 7) is 2.82. The number of benzene rings is 1. The summed E-state index contributed by atoms with van der Waals surface area (Å²) in [5.74, 6) is -0.0205. The zero-order valence-electron chi connectivity index (χ0n) is 11.0. The van der Waals surface area contributed by atoms with E-state index in [4.69, 9.17) is 17.3 Å². The summed E-state index contributed by atoms with van der Waals surface area (Å²) in [5, 5.41) is 0.110. The van der Waals surface area contributed by atoms with Crippen LogP contribution in [0.25, 0.3) is 0 Å². The van der Waals surface area contributed by atoms with E-state index in [0.29, 0.717) is 18.7 Å². The van der Waals surface area contributed by atoms with Crippen LogP contribution in [-0.4, -0.2) is 36.8 Å². The molecule has 8 heteroatoms. The van der Waals surface area contributed by atoms with E-state index >= 15 is 0 Å². The maximum absolute atomic E-state index is 13.7. The van der Waals surface area contributed by atoms with E-state index in [9.17, 15) is 12.8 Å². The van der Waals surface area contributed by atoms with Crippen LogP contribution in [0.2, 0.25) is 5.02 Å². The third kappa shape index (κ3) is 3.12. The van der Waals surface area contributed by atoms with Crippen LogP contribution in [0, 0.1) is 5.82 Å². The van der Waals surface area contributed by atoms with Gasteiger partial charge in [-0.05, 0) is 17.7 Å². The molecule has 1 aromatic carbocycles. The molecule has 1 heterocycles. The number of sulfonamides is 1. The third-order valence-corrected chi connectivity index (χ3v) is 6.54. The Kier molecular flexibility index (Phi) is 4.96. The van der Waals surface area contributed by atoms with Crippen LogP contribution in [0.1, 0.15) is 12.5 Å². The molecule has 20 heavy (non-hydrogen) atoms. The van der Waals surface area contributed by atoms with E-state index < -0.39 is 15.8 Å². The zero-order chi connectivity index (χ0) is 14.9. The molecule has 4 nitrogen and oxygen atoms in total. The van der Waals surface area contributed by atoms with Gasteiger partial charge in [0.15, 0.2) is 0 Å². The molecule has 1 unspecified atom stereocenters. The maximum Gasteiger partial charge on any atom is 0.243 e. The Labute approximate surface area is 127 Å². The van der Waals surface area contributed by atoms with Crippen LogP contribution in [-0.2, 0) is 16.6 Å². The predicted octanol–water partition coefficient (Wildman–Crippen LogP) is 2.06. The molecule has 0 aliphatic carbocycles. The van der Waals surface area contributed by atoms with Crippen LogP contribution in [0.15, 0.2) is 17.0 Å². The largest absolute Gasteiger partial charge is 0.326 e. The van der Waals surface area contributed by atoms with Gasteiger partial charge in [0, 0.05) is 30.6 Å². The van der Waals surface area contributed by atoms with E-state index in [1.54, 1.807) is 11.8 Å². The summed E-state index contributed by atoms with van der Waals surface area (Å²) in [6.07, 6.45) is 0. The van der Waals surface area contributed by atoms with Gasteiger partial charge in [0.25, 0.3) is 0 Å². The second-order valence-corrected chi connectivity index (χ2v) is 8.49. The van der Waals surface area contributed by atoms with Gasteiger partial charge in [0.2, 0.25) is 10.0 Å². The first-order valence-corrected chi connectivity index (χ1v) is 9.02. The first kappa shape index (κ1) is 16.0. The van der Waals surface area contributed by atoms with Crippen molar-refractivity contribution in [3.05, 3.63) is 28.5 Å². The molecule has 0 radical (unpaired) electrons. The Balaban J connectivity index is 2.41. The normalized spacial score (nSPS) is 21.1. The highest BCUT2D eigenvalue weighted by Crippen LogP contribution is 2.28. The zero-order valence-corrected chi connectivity index (χ0v) is 13.4. The molecule has 112 valence electrons. The van der Waals surface area contributed by atoms with E-state index in [-0.39, 0.29) is 21.7 Å². The van der Waals surface area contributed by atoms with E-state index in [1.165, 1.54) is 10.4 Å². The fraction of sp³-hybridized carbons (Fsp3) is 0.500. The van der Waals surface area contributed by atoms with E-state index in [0.717, 1.165) is 11.8 Å². The summed E-state index contributed by atoms with van der Waals surface area (Å²) < 4.78 is 40.2. The average molecular weight is 339 g/mol. The summed E-state index contributed by atoms with van der Waals surface area (Å²) in [7, 11) is -3.70. The summed E-state index contributed by atoms with van der Waals surface area (Å²) in [6, 6.07) is 2.32. The van der Waals surface area contributed by atoms with Gasteiger partial charge in [-0.15, -0.1) is 0 Å². The summed E-state index contributed by atoms with van der Waals surface area (Å²) in [4.78, 5) is -0.0843. The Bertz CT molecular complexity index is 610. The average Bonchev–Trinajstić information content (AvgIpc) is 2.41. The molecule has 0 saturated carbocycles. The molecule has 1 saturated heterocycles. The molecular formula is C12H16ClFN2O2S2. The highest BCUT2D eigenvalue weighted by Gasteiger charge is 2.30. The number of thioether (sulfide) groups is 1. The van der Waals surface area contributed by atoms with Crippen LogP contribution in [0.5, 0.6) is 0 Å². The lowest BCUT2D eigenvalue weighted by Gasteiger charge is -2.29. The smallest absolute Gasteiger partial charge is 0.243 e. The van der Waals surface area contributed by atoms with Crippen LogP contribution >= 0.6 is 23.4 Å². The number of hydrogen-bond acceptors (Lipinski definition) is 4. The first-order valence-electron chi connectivity index (χ1n) is 6.16. The minimum atomic E-state index is -3.70. The van der Waals surface area contributed by atoms with Gasteiger partial charge in [-0.3, -0.25) is 0 Å². The predicted molar refractivity (Wildman–Crippen MR) is 80.0 cm³/mol. The van der Waals surface area contributed by atoms with Crippen molar-refractivity contribution in [2.24, 2.45) is 5.73 Å². The summed E-state index contributed by atoms with van der Waals surface area (Å²) >= 11 is 7.48. The molecule has 0 aromatic heterocycles. The van der Waals surface area contributed by atoms with Crippen LogP contribution in [0.3, 0.4) is 0 Å². The first-order chi connectivity index (χ1) is 9.36. The standard InChI is InChI=1S/C12H16ClFN2O2S2/c1-8-7-16(2-3-19-8)20(17,18)10-4-9(6-15)12(13)11(14)5-10/h4-5,8H,2-3,6-7,15H2,1H3. The number of halogens is 2. The van der Waals surface area contributed by atoms with Gasteiger partial charge in [-0.1, -0.05) is 18.5 Å². The molecule has 0 bridgehead atoms. The lowest BCUT2D eigenvalue weighted by Crippen LogP contribution is -2.41. The van der Waals surface area contributed by atoms with E-state index in [2.05, 4.69) is 0 Å². The lowest BCUT2D eigenvalue weighted by atomic mass is 10.2. The van der Waals surface area contributed by atoms with Crippen molar-refractivity contribution in [3.8, 4) is 0 Å². The maximum atomic E-state index is 13.7. The third-order valence-electron chi connectivity index (χ3n) is 3.14. The molecule has 0 amide bonds. The van der Waals surface area contributed by atoms with Crippen LogP contribution in [0.4, 0.5) is 4.39 Å². The van der Waals surface area contributed by atoms with Crippen molar-refractivity contribution in [1.29, 1.82) is 0 Å². The molecule has 1 aliphatic rings. The number of nitrogens with two attached hydrogens (primary N) is 1. The van der Waals surface area contributed by atoms with Crippen molar-refractivity contribution in [3.63, 3.8) is 0 Å². The SMILES string of the molecule is CC1CN(S(=O)(=O)c2cc(F)c(Cl)c(CN)c2)CCS1. The molecular weight excluding hydrogens is 323 g/mol. The Morgan fingerprint density at radius 2 is 2.25 bits per heavy atom. The molecule has 1 aromatic rings. The number of hydrogen-bond donors (Lipinski definition) is 1. The quantitative estimate of drug-likeness (QED) is 0.916. The fourth-order valence-corrected chi connectivity index (χ4v) is 5.07. The second kappa shape index (κ2) is 6.19. The monoisotopic (exact) mass is 338 g/mol. The Hall–Kier alpha value is -0.340. The molecule has 1 atom stereocenters. The summed E-state index contributed by atoms with van der Waals surface area (Å²) in [5.41, 5.74) is 5.77. The topological polar surface area (TPSA) is 63.4 Å². The van der Waals surface area contributed by atoms with Gasteiger partial charge in [0.1, 0.15) is 5.82 Å². The van der Waals surface area contributed by atoms with Gasteiger partial charge in [-0.2, -0.15) is 16.1 Å². The number of nitrogens with zero attached hydrogens (tertiary/aromatic N) is 1. The second-order valence-electron chi connectivity index (χ2n) is 4.63. The highest BCUT2D eigenvalue weighted by molar-refractivity contribution is 8.00. The van der Waals surface area contributed by atoms with Gasteiger partial charge < -0.3 is 5.73 Å². The van der Waals surface area contributed by atoms with Crippen molar-refractivity contribution in [2.45, 2.75) is 23.6 Å². The number of rotatable bonds is 3. The van der Waals surface area contributed by atoms with Gasteiger partial charge in [-0.25, -0.2) is 12.8 Å². The Morgan fingerprint density at radius 3 is 2.85 bits per heavy atom. The van der Waals surface area contributed by atoms with Crippen molar-refractivity contribution in [1.82, 2.24) is 4.31 Å². The molecule has 1 fully saturated rings. The molecule has 2 rings (SSSR count). The highest BCUT2D eigenvalue weighted by atomic mass is 35.5. The molecule has 2 N–H and O–H groups in total.